The first-order valence-electron chi connectivity index (χ1n) is 6.50. The smallest absolute Gasteiger partial charge is 0.323 e. The number of aromatic nitrogens is 2. The van der Waals surface area contributed by atoms with E-state index in [0.29, 0.717) is 5.92 Å². The van der Waals surface area contributed by atoms with Gasteiger partial charge in [0.1, 0.15) is 12.4 Å². The quantitative estimate of drug-likeness (QED) is 0.917. The van der Waals surface area contributed by atoms with Crippen molar-refractivity contribution in [1.29, 1.82) is 0 Å². The fraction of sp³-hybridized carbons (Fsp3) is 0.429. The number of ether oxygens (including phenoxy) is 1. The van der Waals surface area contributed by atoms with Crippen molar-refractivity contribution in [2.75, 3.05) is 13.2 Å². The molecule has 0 atom stereocenters. The zero-order valence-electron chi connectivity index (χ0n) is 10.6. The van der Waals surface area contributed by atoms with Gasteiger partial charge in [-0.3, -0.25) is 4.79 Å². The van der Waals surface area contributed by atoms with Crippen LogP contribution in [0, 0.1) is 0 Å². The maximum atomic E-state index is 11.1. The first-order valence-corrected chi connectivity index (χ1v) is 6.50. The average Bonchev–Trinajstić information content (AvgIpc) is 2.78. The molecule has 0 amide bonds. The number of rotatable bonds is 3. The highest BCUT2D eigenvalue weighted by molar-refractivity contribution is 5.78. The van der Waals surface area contributed by atoms with E-state index in [-0.39, 0.29) is 6.54 Å². The lowest BCUT2D eigenvalue weighted by Crippen LogP contribution is -2.20. The third kappa shape index (κ3) is 2.33. The SMILES string of the molecule is O=C(O)Cn1c(C2CCOCC2)nc2ccccc21. The summed E-state index contributed by atoms with van der Waals surface area (Å²) in [5.41, 5.74) is 1.76. The van der Waals surface area contributed by atoms with Crippen molar-refractivity contribution in [2.24, 2.45) is 0 Å². The summed E-state index contributed by atoms with van der Waals surface area (Å²) in [6.07, 6.45) is 1.81. The summed E-state index contributed by atoms with van der Waals surface area (Å²) < 4.78 is 7.19. The molecule has 3 rings (SSSR count). The summed E-state index contributed by atoms with van der Waals surface area (Å²) in [5.74, 6) is 0.337. The number of carboxylic acids is 1. The summed E-state index contributed by atoms with van der Waals surface area (Å²) >= 11 is 0. The van der Waals surface area contributed by atoms with Crippen LogP contribution < -0.4 is 0 Å². The van der Waals surface area contributed by atoms with Gasteiger partial charge in [-0.1, -0.05) is 12.1 Å². The molecule has 19 heavy (non-hydrogen) atoms. The first kappa shape index (κ1) is 12.2. The Morgan fingerprint density at radius 3 is 2.84 bits per heavy atom. The number of carboxylic acid groups (broad SMARTS) is 1. The van der Waals surface area contributed by atoms with Crippen LogP contribution in [-0.2, 0) is 16.1 Å². The summed E-state index contributed by atoms with van der Waals surface area (Å²) in [6.45, 7) is 1.41. The molecule has 5 nitrogen and oxygen atoms in total. The van der Waals surface area contributed by atoms with Crippen molar-refractivity contribution >= 4 is 17.0 Å². The number of carbonyl (C=O) groups is 1. The average molecular weight is 260 g/mol. The molecule has 5 heteroatoms. The van der Waals surface area contributed by atoms with Crippen LogP contribution in [0.15, 0.2) is 24.3 Å². The monoisotopic (exact) mass is 260 g/mol. The molecule has 0 bridgehead atoms. The van der Waals surface area contributed by atoms with Crippen LogP contribution >= 0.6 is 0 Å². The Hall–Kier alpha value is -1.88. The normalized spacial score (nSPS) is 16.8. The maximum Gasteiger partial charge on any atom is 0.323 e. The predicted octanol–water partition coefficient (Wildman–Crippen LogP) is 2.01. The molecular formula is C14H16N2O3. The molecule has 0 unspecified atom stereocenters. The van der Waals surface area contributed by atoms with Crippen LogP contribution in [0.3, 0.4) is 0 Å². The molecule has 0 saturated carbocycles. The minimum atomic E-state index is -0.837. The van der Waals surface area contributed by atoms with E-state index in [0.717, 1.165) is 42.9 Å². The van der Waals surface area contributed by atoms with Crippen molar-refractivity contribution in [2.45, 2.75) is 25.3 Å². The zero-order chi connectivity index (χ0) is 13.2. The lowest BCUT2D eigenvalue weighted by Gasteiger charge is -2.22. The number of benzene rings is 1. The van der Waals surface area contributed by atoms with Crippen LogP contribution in [0.1, 0.15) is 24.6 Å². The van der Waals surface area contributed by atoms with Gasteiger partial charge in [0, 0.05) is 19.1 Å². The summed E-state index contributed by atoms with van der Waals surface area (Å²) in [6, 6.07) is 7.69. The Morgan fingerprint density at radius 2 is 2.11 bits per heavy atom. The molecule has 1 saturated heterocycles. The lowest BCUT2D eigenvalue weighted by atomic mass is 9.99. The molecule has 2 heterocycles. The van der Waals surface area contributed by atoms with E-state index in [2.05, 4.69) is 4.98 Å². The molecule has 1 fully saturated rings. The Labute approximate surface area is 110 Å². The Balaban J connectivity index is 2.07. The van der Waals surface area contributed by atoms with Crippen LogP contribution in [0.25, 0.3) is 11.0 Å². The standard InChI is InChI=1S/C14H16N2O3/c17-13(18)9-16-12-4-2-1-3-11(12)15-14(16)10-5-7-19-8-6-10/h1-4,10H,5-9H2,(H,17,18). The second-order valence-corrected chi connectivity index (χ2v) is 4.83. The minimum absolute atomic E-state index is 0.0345. The highest BCUT2D eigenvalue weighted by Crippen LogP contribution is 2.29. The van der Waals surface area contributed by atoms with Gasteiger partial charge in [0.2, 0.25) is 0 Å². The highest BCUT2D eigenvalue weighted by atomic mass is 16.5. The molecular weight excluding hydrogens is 244 g/mol. The Bertz CT molecular complexity index is 600. The zero-order valence-corrected chi connectivity index (χ0v) is 10.6. The van der Waals surface area contributed by atoms with E-state index in [9.17, 15) is 4.79 Å². The summed E-state index contributed by atoms with van der Waals surface area (Å²) in [7, 11) is 0. The van der Waals surface area contributed by atoms with Gasteiger partial charge in [-0.15, -0.1) is 0 Å². The van der Waals surface area contributed by atoms with Gasteiger partial charge < -0.3 is 14.4 Å². The van der Waals surface area contributed by atoms with Crippen LogP contribution in [-0.4, -0.2) is 33.8 Å². The number of fused-ring (bicyclic) bond motifs is 1. The van der Waals surface area contributed by atoms with E-state index in [1.807, 2.05) is 28.8 Å². The van der Waals surface area contributed by atoms with Gasteiger partial charge in [0.15, 0.2) is 0 Å². The third-order valence-corrected chi connectivity index (χ3v) is 3.56. The van der Waals surface area contributed by atoms with E-state index in [1.165, 1.54) is 0 Å². The molecule has 0 aliphatic carbocycles. The number of hydrogen-bond donors (Lipinski definition) is 1. The fourth-order valence-corrected chi connectivity index (χ4v) is 2.66. The van der Waals surface area contributed by atoms with Crippen molar-refractivity contribution < 1.29 is 14.6 Å². The van der Waals surface area contributed by atoms with E-state index in [1.54, 1.807) is 0 Å². The highest BCUT2D eigenvalue weighted by Gasteiger charge is 2.23. The van der Waals surface area contributed by atoms with Gasteiger partial charge in [-0.05, 0) is 25.0 Å². The predicted molar refractivity (Wildman–Crippen MR) is 70.2 cm³/mol. The number of imidazole rings is 1. The number of aliphatic carboxylic acids is 1. The van der Waals surface area contributed by atoms with Crippen molar-refractivity contribution in [3.05, 3.63) is 30.1 Å². The van der Waals surface area contributed by atoms with Crippen LogP contribution in [0.5, 0.6) is 0 Å². The summed E-state index contributed by atoms with van der Waals surface area (Å²) in [4.78, 5) is 15.7. The molecule has 0 spiro atoms. The number of para-hydroxylation sites is 2. The van der Waals surface area contributed by atoms with Gasteiger partial charge in [0.25, 0.3) is 0 Å². The van der Waals surface area contributed by atoms with E-state index < -0.39 is 5.97 Å². The molecule has 2 aromatic rings. The molecule has 1 aromatic heterocycles. The maximum absolute atomic E-state index is 11.1. The molecule has 1 aliphatic heterocycles. The van der Waals surface area contributed by atoms with Crippen LogP contribution in [0.2, 0.25) is 0 Å². The van der Waals surface area contributed by atoms with Crippen molar-refractivity contribution in [1.82, 2.24) is 9.55 Å². The Morgan fingerprint density at radius 1 is 1.37 bits per heavy atom. The summed E-state index contributed by atoms with van der Waals surface area (Å²) in [5, 5.41) is 9.09. The van der Waals surface area contributed by atoms with Gasteiger partial charge >= 0.3 is 5.97 Å². The van der Waals surface area contributed by atoms with Crippen LogP contribution in [0.4, 0.5) is 0 Å². The minimum Gasteiger partial charge on any atom is -0.480 e. The Kier molecular flexibility index (Phi) is 3.21. The largest absolute Gasteiger partial charge is 0.480 e. The number of nitrogens with zero attached hydrogens (tertiary/aromatic N) is 2. The van der Waals surface area contributed by atoms with Gasteiger partial charge in [-0.2, -0.15) is 0 Å². The van der Waals surface area contributed by atoms with E-state index in [4.69, 9.17) is 9.84 Å². The fourth-order valence-electron chi connectivity index (χ4n) is 2.66. The second kappa shape index (κ2) is 5.01. The lowest BCUT2D eigenvalue weighted by molar-refractivity contribution is -0.137. The van der Waals surface area contributed by atoms with Crippen molar-refractivity contribution in [3.63, 3.8) is 0 Å². The van der Waals surface area contributed by atoms with Crippen molar-refractivity contribution in [3.8, 4) is 0 Å². The molecule has 1 N–H and O–H groups in total. The molecule has 1 aromatic carbocycles. The topological polar surface area (TPSA) is 64.3 Å². The second-order valence-electron chi connectivity index (χ2n) is 4.83. The van der Waals surface area contributed by atoms with Gasteiger partial charge in [-0.25, -0.2) is 4.98 Å². The van der Waals surface area contributed by atoms with E-state index >= 15 is 0 Å². The molecule has 1 aliphatic rings. The molecule has 0 radical (unpaired) electrons. The molecule has 100 valence electrons. The third-order valence-electron chi connectivity index (χ3n) is 3.56. The first-order chi connectivity index (χ1) is 9.25. The number of hydrogen-bond acceptors (Lipinski definition) is 3. The van der Waals surface area contributed by atoms with Gasteiger partial charge in [0.05, 0.1) is 11.0 Å².